The Morgan fingerprint density at radius 3 is 2.34 bits per heavy atom. The third-order valence-electron chi connectivity index (χ3n) is 5.19. The van der Waals surface area contributed by atoms with Gasteiger partial charge in [0.05, 0.1) is 11.9 Å². The molecule has 0 aliphatic carbocycles. The number of hydrogen-bond acceptors (Lipinski definition) is 4. The van der Waals surface area contributed by atoms with E-state index in [9.17, 15) is 18.0 Å². The molecule has 174 valence electrons. The summed E-state index contributed by atoms with van der Waals surface area (Å²) in [6, 6.07) is 13.7. The number of carbonyl (C=O) groups is 2. The van der Waals surface area contributed by atoms with Crippen LogP contribution in [0.25, 0.3) is 0 Å². The lowest BCUT2D eigenvalue weighted by atomic mass is 10.1. The summed E-state index contributed by atoms with van der Waals surface area (Å²) in [6.07, 6.45) is 1.58. The molecule has 0 saturated carbocycles. The molecule has 1 atom stereocenters. The number of halogens is 1. The van der Waals surface area contributed by atoms with E-state index in [1.165, 1.54) is 4.90 Å². The van der Waals surface area contributed by atoms with Crippen molar-refractivity contribution in [2.75, 3.05) is 30.2 Å². The van der Waals surface area contributed by atoms with Gasteiger partial charge in [-0.15, -0.1) is 0 Å². The highest BCUT2D eigenvalue weighted by atomic mass is 35.5. The smallest absolute Gasteiger partial charge is 0.244 e. The summed E-state index contributed by atoms with van der Waals surface area (Å²) in [5.74, 6) is -0.761. The number of anilines is 1. The van der Waals surface area contributed by atoms with Gasteiger partial charge in [0, 0.05) is 18.1 Å². The standard InChI is InChI=1S/C23H30ClN3O4S/c1-5-25-23(29)18(3)26(15-14-19-10-7-6-8-11-19)22(28)16-27(32(4,30)31)21-13-9-12-20(24)17(21)2/h6-13,18H,5,14-16H2,1-4H3,(H,25,29). The summed E-state index contributed by atoms with van der Waals surface area (Å²) < 4.78 is 26.2. The second-order valence-electron chi connectivity index (χ2n) is 7.55. The molecule has 2 aromatic carbocycles. The van der Waals surface area contributed by atoms with Crippen LogP contribution in [0.5, 0.6) is 0 Å². The Kier molecular flexibility index (Phi) is 9.09. The van der Waals surface area contributed by atoms with Crippen LogP contribution in [-0.2, 0) is 26.0 Å². The number of hydrogen-bond donors (Lipinski definition) is 1. The van der Waals surface area contributed by atoms with Crippen molar-refractivity contribution in [1.82, 2.24) is 10.2 Å². The largest absolute Gasteiger partial charge is 0.355 e. The predicted octanol–water partition coefficient (Wildman–Crippen LogP) is 3.01. The van der Waals surface area contributed by atoms with Crippen LogP contribution in [0.3, 0.4) is 0 Å². The Bertz CT molecular complexity index is 1040. The van der Waals surface area contributed by atoms with Crippen LogP contribution in [0.4, 0.5) is 5.69 Å². The molecule has 0 heterocycles. The number of carbonyl (C=O) groups excluding carboxylic acids is 2. The molecular weight excluding hydrogens is 450 g/mol. The topological polar surface area (TPSA) is 86.8 Å². The third kappa shape index (κ3) is 6.71. The summed E-state index contributed by atoms with van der Waals surface area (Å²) in [6.45, 7) is 5.41. The number of nitrogens with one attached hydrogen (secondary N) is 1. The van der Waals surface area contributed by atoms with E-state index in [0.29, 0.717) is 29.2 Å². The minimum atomic E-state index is -3.78. The first-order valence-corrected chi connectivity index (χ1v) is 12.6. The second-order valence-corrected chi connectivity index (χ2v) is 9.86. The maximum atomic E-state index is 13.3. The highest BCUT2D eigenvalue weighted by molar-refractivity contribution is 7.92. The Balaban J connectivity index is 2.34. The summed E-state index contributed by atoms with van der Waals surface area (Å²) in [5.41, 5.74) is 1.90. The molecular formula is C23H30ClN3O4S. The van der Waals surface area contributed by atoms with Gasteiger partial charge >= 0.3 is 0 Å². The molecule has 0 bridgehead atoms. The van der Waals surface area contributed by atoms with Gasteiger partial charge in [0.25, 0.3) is 0 Å². The Morgan fingerprint density at radius 1 is 1.09 bits per heavy atom. The van der Waals surface area contributed by atoms with Crippen LogP contribution in [0.15, 0.2) is 48.5 Å². The highest BCUT2D eigenvalue weighted by Gasteiger charge is 2.30. The molecule has 2 rings (SSSR count). The van der Waals surface area contributed by atoms with Gasteiger partial charge < -0.3 is 10.2 Å². The van der Waals surface area contributed by atoms with Gasteiger partial charge in [-0.05, 0) is 50.5 Å². The number of benzene rings is 2. The first-order valence-electron chi connectivity index (χ1n) is 10.4. The summed E-state index contributed by atoms with van der Waals surface area (Å²) >= 11 is 6.18. The zero-order valence-corrected chi connectivity index (χ0v) is 20.4. The molecule has 7 nitrogen and oxygen atoms in total. The average Bonchev–Trinajstić information content (AvgIpc) is 2.74. The normalized spacial score (nSPS) is 12.2. The van der Waals surface area contributed by atoms with Crippen molar-refractivity contribution in [3.05, 3.63) is 64.7 Å². The average molecular weight is 480 g/mol. The number of sulfonamides is 1. The van der Waals surface area contributed by atoms with Gasteiger partial charge in [-0.1, -0.05) is 48.0 Å². The number of amides is 2. The first kappa shape index (κ1) is 25.7. The van der Waals surface area contributed by atoms with Crippen LogP contribution in [0, 0.1) is 6.92 Å². The molecule has 1 unspecified atom stereocenters. The molecule has 0 fully saturated rings. The molecule has 9 heteroatoms. The van der Waals surface area contributed by atoms with E-state index in [1.807, 2.05) is 30.3 Å². The Hall–Kier alpha value is -2.58. The van der Waals surface area contributed by atoms with Crippen molar-refractivity contribution >= 4 is 39.1 Å². The molecule has 1 N–H and O–H groups in total. The molecule has 0 radical (unpaired) electrons. The number of likely N-dealkylation sites (N-methyl/N-ethyl adjacent to an activating group) is 1. The molecule has 0 aromatic heterocycles. The van der Waals surface area contributed by atoms with Crippen LogP contribution in [0.2, 0.25) is 5.02 Å². The summed E-state index contributed by atoms with van der Waals surface area (Å²) in [4.78, 5) is 27.3. The van der Waals surface area contributed by atoms with Gasteiger partial charge in [0.15, 0.2) is 0 Å². The van der Waals surface area contributed by atoms with Gasteiger partial charge in [0.1, 0.15) is 12.6 Å². The van der Waals surface area contributed by atoms with Crippen molar-refractivity contribution in [2.45, 2.75) is 33.2 Å². The monoisotopic (exact) mass is 479 g/mol. The van der Waals surface area contributed by atoms with E-state index in [1.54, 1.807) is 39.0 Å². The Labute approximate surface area is 195 Å². The van der Waals surface area contributed by atoms with Crippen molar-refractivity contribution in [2.24, 2.45) is 0 Å². The van der Waals surface area contributed by atoms with E-state index in [0.717, 1.165) is 16.1 Å². The maximum absolute atomic E-state index is 13.3. The van der Waals surface area contributed by atoms with E-state index in [4.69, 9.17) is 11.6 Å². The van der Waals surface area contributed by atoms with Gasteiger partial charge in [-0.3, -0.25) is 13.9 Å². The number of rotatable bonds is 10. The number of nitrogens with zero attached hydrogens (tertiary/aromatic N) is 2. The molecule has 2 aromatic rings. The SMILES string of the molecule is CCNC(=O)C(C)N(CCc1ccccc1)C(=O)CN(c1cccc(Cl)c1C)S(C)(=O)=O. The van der Waals surface area contributed by atoms with Gasteiger partial charge in [-0.25, -0.2) is 8.42 Å². The quantitative estimate of drug-likeness (QED) is 0.567. The first-order chi connectivity index (χ1) is 15.1. The molecule has 32 heavy (non-hydrogen) atoms. The second kappa shape index (κ2) is 11.3. The summed E-state index contributed by atoms with van der Waals surface area (Å²) in [5, 5.41) is 3.13. The third-order valence-corrected chi connectivity index (χ3v) is 6.73. The molecule has 0 saturated heterocycles. The lowest BCUT2D eigenvalue weighted by Crippen LogP contribution is -2.52. The molecule has 0 aliphatic heterocycles. The minimum absolute atomic E-state index is 0.271. The maximum Gasteiger partial charge on any atom is 0.244 e. The Morgan fingerprint density at radius 2 is 1.75 bits per heavy atom. The van der Waals surface area contributed by atoms with Crippen molar-refractivity contribution in [3.63, 3.8) is 0 Å². The zero-order valence-electron chi connectivity index (χ0n) is 18.8. The molecule has 0 aliphatic rings. The minimum Gasteiger partial charge on any atom is -0.355 e. The highest BCUT2D eigenvalue weighted by Crippen LogP contribution is 2.28. The lowest BCUT2D eigenvalue weighted by molar-refractivity contribution is -0.138. The molecule has 0 spiro atoms. The van der Waals surface area contributed by atoms with E-state index in [-0.39, 0.29) is 12.5 Å². The predicted molar refractivity (Wildman–Crippen MR) is 128 cm³/mol. The van der Waals surface area contributed by atoms with Gasteiger partial charge in [0.2, 0.25) is 21.8 Å². The van der Waals surface area contributed by atoms with Crippen molar-refractivity contribution in [1.29, 1.82) is 0 Å². The van der Waals surface area contributed by atoms with Crippen LogP contribution in [0.1, 0.15) is 25.0 Å². The van der Waals surface area contributed by atoms with Crippen LogP contribution < -0.4 is 9.62 Å². The molecule has 2 amide bonds. The lowest BCUT2D eigenvalue weighted by Gasteiger charge is -2.32. The van der Waals surface area contributed by atoms with Crippen LogP contribution in [-0.4, -0.2) is 57.1 Å². The van der Waals surface area contributed by atoms with Crippen LogP contribution >= 0.6 is 11.6 Å². The summed E-state index contributed by atoms with van der Waals surface area (Å²) in [7, 11) is -3.78. The van der Waals surface area contributed by atoms with Crippen molar-refractivity contribution < 1.29 is 18.0 Å². The fourth-order valence-corrected chi connectivity index (χ4v) is 4.42. The van der Waals surface area contributed by atoms with E-state index < -0.39 is 28.5 Å². The van der Waals surface area contributed by atoms with Crippen molar-refractivity contribution in [3.8, 4) is 0 Å². The zero-order chi connectivity index (χ0) is 23.9. The fraction of sp³-hybridized carbons (Fsp3) is 0.391. The van der Waals surface area contributed by atoms with E-state index >= 15 is 0 Å². The van der Waals surface area contributed by atoms with E-state index in [2.05, 4.69) is 5.32 Å². The van der Waals surface area contributed by atoms with Gasteiger partial charge in [-0.2, -0.15) is 0 Å². The fourth-order valence-electron chi connectivity index (χ4n) is 3.35.